The van der Waals surface area contributed by atoms with Crippen LogP contribution < -0.4 is 10.1 Å². The first-order valence-electron chi connectivity index (χ1n) is 14.2. The van der Waals surface area contributed by atoms with Gasteiger partial charge in [0.2, 0.25) is 5.91 Å². The fourth-order valence-electron chi connectivity index (χ4n) is 8.07. The lowest BCUT2D eigenvalue weighted by molar-refractivity contribution is -0.160. The molecule has 3 saturated carbocycles. The zero-order chi connectivity index (χ0) is 25.3. The number of methoxy groups -OCH3 is 1. The molecule has 2 bridgehead atoms. The molecule has 6 fully saturated rings. The third-order valence-corrected chi connectivity index (χ3v) is 10.4. The standard InChI is InChI=1S/C29H37N3O5/c1-36-21-7-5-17(6-8-21)20-14-31(15-20)24-3-2-4-25(24)37-22-9-10-23-18(11-22)16-32(27(23)34)29-12-19(13-29)26(33)30-28(29)35/h9-11,17,19-21,24-25H,2-8,12-16H2,1H3,(H,30,33,35)/t17?,19?,21?,24-,25+,29?/m0/s1. The van der Waals surface area contributed by atoms with Crippen LogP contribution in [0.15, 0.2) is 18.2 Å². The molecule has 3 amide bonds. The van der Waals surface area contributed by atoms with E-state index in [4.69, 9.17) is 9.47 Å². The number of hydrogen-bond donors (Lipinski definition) is 1. The Morgan fingerprint density at radius 2 is 1.76 bits per heavy atom. The molecule has 1 N–H and O–H groups in total. The van der Waals surface area contributed by atoms with Gasteiger partial charge >= 0.3 is 0 Å². The molecule has 37 heavy (non-hydrogen) atoms. The van der Waals surface area contributed by atoms with Crippen LogP contribution in [0.25, 0.3) is 0 Å². The molecule has 3 saturated heterocycles. The summed E-state index contributed by atoms with van der Waals surface area (Å²) in [7, 11) is 1.84. The Morgan fingerprint density at radius 1 is 0.973 bits per heavy atom. The summed E-state index contributed by atoms with van der Waals surface area (Å²) in [5.41, 5.74) is 0.685. The van der Waals surface area contributed by atoms with Gasteiger partial charge in [0.05, 0.1) is 6.10 Å². The van der Waals surface area contributed by atoms with Crippen molar-refractivity contribution in [3.63, 3.8) is 0 Å². The van der Waals surface area contributed by atoms with E-state index in [2.05, 4.69) is 10.2 Å². The van der Waals surface area contributed by atoms with Crippen LogP contribution in [-0.2, 0) is 20.9 Å². The van der Waals surface area contributed by atoms with Crippen LogP contribution in [0.4, 0.5) is 0 Å². The van der Waals surface area contributed by atoms with E-state index in [0.29, 0.717) is 37.1 Å². The van der Waals surface area contributed by atoms with Crippen LogP contribution in [0.2, 0.25) is 0 Å². The molecule has 198 valence electrons. The zero-order valence-corrected chi connectivity index (χ0v) is 21.6. The number of hydrogen-bond acceptors (Lipinski definition) is 6. The predicted octanol–water partition coefficient (Wildman–Crippen LogP) is 2.88. The molecular formula is C29H37N3O5. The lowest BCUT2D eigenvalue weighted by Gasteiger charge is -2.53. The number of carbonyl (C=O) groups is 3. The van der Waals surface area contributed by atoms with Gasteiger partial charge in [0, 0.05) is 44.3 Å². The van der Waals surface area contributed by atoms with Crippen molar-refractivity contribution < 1.29 is 23.9 Å². The summed E-state index contributed by atoms with van der Waals surface area (Å²) in [6, 6.07) is 6.22. The summed E-state index contributed by atoms with van der Waals surface area (Å²) < 4.78 is 12.1. The van der Waals surface area contributed by atoms with E-state index < -0.39 is 5.54 Å². The normalized spacial score (nSPS) is 37.7. The molecular weight excluding hydrogens is 470 g/mol. The summed E-state index contributed by atoms with van der Waals surface area (Å²) in [6.45, 7) is 2.77. The summed E-state index contributed by atoms with van der Waals surface area (Å²) in [5, 5.41) is 2.45. The molecule has 8 heteroatoms. The third-order valence-electron chi connectivity index (χ3n) is 10.4. The molecule has 0 unspecified atom stereocenters. The maximum atomic E-state index is 13.2. The van der Waals surface area contributed by atoms with Gasteiger partial charge in [-0.1, -0.05) is 0 Å². The first kappa shape index (κ1) is 23.7. The Labute approximate surface area is 218 Å². The number of nitrogens with zero attached hydrogens (tertiary/aromatic N) is 2. The van der Waals surface area contributed by atoms with Crippen LogP contribution in [0.1, 0.15) is 73.7 Å². The predicted molar refractivity (Wildman–Crippen MR) is 135 cm³/mol. The average Bonchev–Trinajstić information content (AvgIpc) is 3.42. The highest BCUT2D eigenvalue weighted by Gasteiger charge is 2.63. The number of ether oxygens (including phenoxy) is 2. The Kier molecular flexibility index (Phi) is 5.63. The number of likely N-dealkylation sites (tertiary alicyclic amines) is 1. The smallest absolute Gasteiger partial charge is 0.255 e. The van der Waals surface area contributed by atoms with E-state index in [0.717, 1.165) is 29.6 Å². The highest BCUT2D eigenvalue weighted by atomic mass is 16.5. The summed E-state index contributed by atoms with van der Waals surface area (Å²) in [5.74, 6) is 1.66. The number of piperidine rings is 2. The quantitative estimate of drug-likeness (QED) is 0.596. The van der Waals surface area contributed by atoms with Crippen molar-refractivity contribution in [2.45, 2.75) is 88.1 Å². The fraction of sp³-hybridized carbons (Fsp3) is 0.690. The van der Waals surface area contributed by atoms with Crippen LogP contribution in [0.5, 0.6) is 5.75 Å². The van der Waals surface area contributed by atoms with E-state index in [-0.39, 0.29) is 29.7 Å². The maximum absolute atomic E-state index is 13.2. The van der Waals surface area contributed by atoms with E-state index in [1.807, 2.05) is 25.3 Å². The minimum Gasteiger partial charge on any atom is -0.489 e. The molecule has 4 aliphatic heterocycles. The van der Waals surface area contributed by atoms with Crippen LogP contribution in [0, 0.1) is 17.8 Å². The minimum atomic E-state index is -0.872. The molecule has 0 aromatic heterocycles. The van der Waals surface area contributed by atoms with Crippen LogP contribution >= 0.6 is 0 Å². The topological polar surface area (TPSA) is 88.2 Å². The number of amides is 3. The fourth-order valence-corrected chi connectivity index (χ4v) is 8.07. The lowest BCUT2D eigenvalue weighted by atomic mass is 9.63. The maximum Gasteiger partial charge on any atom is 0.255 e. The first-order chi connectivity index (χ1) is 17.9. The molecule has 0 radical (unpaired) electrons. The van der Waals surface area contributed by atoms with Gasteiger partial charge in [-0.2, -0.15) is 0 Å². The van der Waals surface area contributed by atoms with Crippen molar-refractivity contribution in [2.24, 2.45) is 17.8 Å². The lowest BCUT2D eigenvalue weighted by Crippen LogP contribution is -2.73. The summed E-state index contributed by atoms with van der Waals surface area (Å²) >= 11 is 0. The highest BCUT2D eigenvalue weighted by molar-refractivity contribution is 6.10. The minimum absolute atomic E-state index is 0.116. The molecule has 1 aromatic rings. The Morgan fingerprint density at radius 3 is 2.49 bits per heavy atom. The Bertz CT molecular complexity index is 1120. The third kappa shape index (κ3) is 3.74. The number of rotatable bonds is 6. The van der Waals surface area contributed by atoms with Gasteiger partial charge < -0.3 is 14.4 Å². The van der Waals surface area contributed by atoms with Gasteiger partial charge in [0.25, 0.3) is 11.8 Å². The number of nitrogens with one attached hydrogen (secondary N) is 1. The van der Waals surface area contributed by atoms with E-state index >= 15 is 0 Å². The van der Waals surface area contributed by atoms with Crippen molar-refractivity contribution in [2.75, 3.05) is 20.2 Å². The van der Waals surface area contributed by atoms with Crippen LogP contribution in [0.3, 0.4) is 0 Å². The van der Waals surface area contributed by atoms with E-state index in [9.17, 15) is 14.4 Å². The molecule has 0 spiro atoms. The van der Waals surface area contributed by atoms with Gasteiger partial charge in [-0.3, -0.25) is 24.6 Å². The average molecular weight is 508 g/mol. The number of imide groups is 1. The second-order valence-corrected chi connectivity index (χ2v) is 12.3. The number of benzene rings is 1. The van der Waals surface area contributed by atoms with Crippen molar-refractivity contribution in [1.82, 2.24) is 15.1 Å². The van der Waals surface area contributed by atoms with E-state index in [1.54, 1.807) is 4.90 Å². The second kappa shape index (κ2) is 8.80. The first-order valence-corrected chi connectivity index (χ1v) is 14.2. The molecule has 3 aliphatic carbocycles. The van der Waals surface area contributed by atoms with E-state index in [1.165, 1.54) is 51.6 Å². The van der Waals surface area contributed by atoms with Gasteiger partial charge in [0.15, 0.2) is 0 Å². The highest BCUT2D eigenvalue weighted by Crippen LogP contribution is 2.49. The monoisotopic (exact) mass is 507 g/mol. The van der Waals surface area contributed by atoms with Crippen LogP contribution in [-0.4, -0.2) is 71.5 Å². The molecule has 7 aliphatic rings. The van der Waals surface area contributed by atoms with Gasteiger partial charge in [-0.05, 0) is 93.4 Å². The van der Waals surface area contributed by atoms with Crippen molar-refractivity contribution in [3.05, 3.63) is 29.3 Å². The number of fused-ring (bicyclic) bond motifs is 3. The SMILES string of the molecule is COC1CCC(C2CN([C@H]3CCC[C@H]3Oc3ccc4c(c3)CN(C35CC(C3)C(=O)NC5=O)C4=O)C2)CC1. The van der Waals surface area contributed by atoms with Crippen molar-refractivity contribution >= 4 is 17.7 Å². The Hall–Kier alpha value is -2.45. The van der Waals surface area contributed by atoms with Crippen molar-refractivity contribution in [1.29, 1.82) is 0 Å². The van der Waals surface area contributed by atoms with Gasteiger partial charge in [-0.25, -0.2) is 0 Å². The van der Waals surface area contributed by atoms with Crippen molar-refractivity contribution in [3.8, 4) is 5.75 Å². The molecule has 8 rings (SSSR count). The molecule has 4 heterocycles. The molecule has 2 atom stereocenters. The largest absolute Gasteiger partial charge is 0.489 e. The summed E-state index contributed by atoms with van der Waals surface area (Å²) in [6.07, 6.45) is 9.95. The van der Waals surface area contributed by atoms with Gasteiger partial charge in [0.1, 0.15) is 17.4 Å². The number of carbonyl (C=O) groups excluding carboxylic acids is 3. The Balaban J connectivity index is 0.980. The molecule has 1 aromatic carbocycles. The zero-order valence-electron chi connectivity index (χ0n) is 21.6. The summed E-state index contributed by atoms with van der Waals surface area (Å²) in [4.78, 5) is 42.1. The second-order valence-electron chi connectivity index (χ2n) is 12.3. The molecule has 8 nitrogen and oxygen atoms in total. The van der Waals surface area contributed by atoms with Gasteiger partial charge in [-0.15, -0.1) is 0 Å².